The zero-order valence-corrected chi connectivity index (χ0v) is 22.5. The summed E-state index contributed by atoms with van der Waals surface area (Å²) in [6.45, 7) is 6.17. The van der Waals surface area contributed by atoms with Gasteiger partial charge in [-0.1, -0.05) is 18.6 Å². The summed E-state index contributed by atoms with van der Waals surface area (Å²) in [5.41, 5.74) is 4.95. The number of primary amides is 1. The van der Waals surface area contributed by atoms with Gasteiger partial charge in [-0.25, -0.2) is 4.79 Å². The van der Waals surface area contributed by atoms with Gasteiger partial charge in [0.05, 0.1) is 0 Å². The highest BCUT2D eigenvalue weighted by Crippen LogP contribution is 2.43. The molecule has 0 aromatic carbocycles. The number of hydrogen-bond acceptors (Lipinski definition) is 6. The topological polar surface area (TPSA) is 160 Å². The summed E-state index contributed by atoms with van der Waals surface area (Å²) < 4.78 is 5.41. The van der Waals surface area contributed by atoms with Crippen molar-refractivity contribution in [3.8, 4) is 0 Å². The Morgan fingerprint density at radius 3 is 2.58 bits per heavy atom. The van der Waals surface area contributed by atoms with Crippen LogP contribution in [-0.2, 0) is 23.9 Å². The first kappa shape index (κ1) is 27.9. The summed E-state index contributed by atoms with van der Waals surface area (Å²) in [7, 11) is 0. The smallest absolute Gasteiger partial charge is 0.408 e. The molecule has 0 aromatic heterocycles. The third kappa shape index (κ3) is 6.30. The van der Waals surface area contributed by atoms with Crippen LogP contribution in [0.1, 0.15) is 65.7 Å². The maximum Gasteiger partial charge on any atom is 0.408 e. The number of amides is 5. The van der Waals surface area contributed by atoms with E-state index in [4.69, 9.17) is 10.5 Å². The van der Waals surface area contributed by atoms with Crippen molar-refractivity contribution in [1.29, 1.82) is 0 Å². The lowest BCUT2D eigenvalue weighted by Gasteiger charge is -2.34. The third-order valence-electron chi connectivity index (χ3n) is 8.22. The molecular weight excluding hydrogens is 490 g/mol. The molecule has 0 unspecified atom stereocenters. The van der Waals surface area contributed by atoms with Crippen molar-refractivity contribution in [2.45, 2.75) is 89.4 Å². The molecule has 4 aliphatic rings. The fourth-order valence-corrected chi connectivity index (χ4v) is 6.47. The molecule has 0 aromatic rings. The Morgan fingerprint density at radius 1 is 1.11 bits per heavy atom. The maximum absolute atomic E-state index is 13.9. The molecule has 2 saturated heterocycles. The van der Waals surface area contributed by atoms with E-state index in [0.717, 1.165) is 19.3 Å². The number of ether oxygens (including phenoxy) is 1. The fraction of sp³-hybridized carbons (Fsp3) is 0.741. The van der Waals surface area contributed by atoms with E-state index in [1.165, 1.54) is 0 Å². The van der Waals surface area contributed by atoms with Gasteiger partial charge in [0.15, 0.2) is 0 Å². The summed E-state index contributed by atoms with van der Waals surface area (Å²) in [6.07, 6.45) is 7.43. The SMILES string of the molecule is CC(C)(C)OC(=O)N[C@H]1CC/C=C\[C@H]2CCNC(=O)[C@H]2C[C@@H](C(N)=O)NC(=O)[C@@H]2[C@H]3CCC[C@H]3CN2C1=O. The highest BCUT2D eigenvalue weighted by Gasteiger charge is 2.51. The number of fused-ring (bicyclic) bond motifs is 4. The van der Waals surface area contributed by atoms with Gasteiger partial charge < -0.3 is 31.3 Å². The van der Waals surface area contributed by atoms with Crippen molar-refractivity contribution in [1.82, 2.24) is 20.9 Å². The maximum atomic E-state index is 13.9. The molecule has 4 rings (SSSR count). The lowest BCUT2D eigenvalue weighted by molar-refractivity contribution is -0.142. The Kier molecular flexibility index (Phi) is 8.32. The molecule has 7 atom stereocenters. The molecule has 11 heteroatoms. The normalized spacial score (nSPS) is 35.1. The monoisotopic (exact) mass is 531 g/mol. The molecule has 1 saturated carbocycles. The van der Waals surface area contributed by atoms with Crippen molar-refractivity contribution < 1.29 is 28.7 Å². The van der Waals surface area contributed by atoms with Crippen LogP contribution in [-0.4, -0.2) is 71.4 Å². The Bertz CT molecular complexity index is 991. The van der Waals surface area contributed by atoms with E-state index in [0.29, 0.717) is 32.4 Å². The molecular formula is C27H41N5O6. The molecule has 3 aliphatic heterocycles. The van der Waals surface area contributed by atoms with Crippen molar-refractivity contribution >= 4 is 29.7 Å². The molecule has 11 nitrogen and oxygen atoms in total. The average molecular weight is 532 g/mol. The van der Waals surface area contributed by atoms with E-state index in [1.807, 2.05) is 12.2 Å². The number of hydrogen-bond donors (Lipinski definition) is 4. The van der Waals surface area contributed by atoms with Crippen LogP contribution < -0.4 is 21.7 Å². The van der Waals surface area contributed by atoms with Gasteiger partial charge in [0.25, 0.3) is 0 Å². The van der Waals surface area contributed by atoms with E-state index in [2.05, 4.69) is 16.0 Å². The van der Waals surface area contributed by atoms with Crippen LogP contribution in [0, 0.1) is 23.7 Å². The molecule has 1 aliphatic carbocycles. The molecule has 3 heterocycles. The highest BCUT2D eigenvalue weighted by atomic mass is 16.6. The minimum atomic E-state index is -1.04. The van der Waals surface area contributed by atoms with Gasteiger partial charge in [-0.15, -0.1) is 0 Å². The number of allylic oxidation sites excluding steroid dienone is 2. The Balaban J connectivity index is 1.66. The quantitative estimate of drug-likeness (QED) is 0.389. The van der Waals surface area contributed by atoms with E-state index >= 15 is 0 Å². The number of nitrogens with zero attached hydrogens (tertiary/aromatic N) is 1. The molecule has 0 bridgehead atoms. The van der Waals surface area contributed by atoms with Crippen molar-refractivity contribution in [2.75, 3.05) is 13.1 Å². The van der Waals surface area contributed by atoms with Crippen molar-refractivity contribution in [2.24, 2.45) is 29.4 Å². The molecule has 38 heavy (non-hydrogen) atoms. The van der Waals surface area contributed by atoms with Gasteiger partial charge in [0.1, 0.15) is 23.7 Å². The average Bonchev–Trinajstić information content (AvgIpc) is 3.41. The molecule has 0 radical (unpaired) electrons. The van der Waals surface area contributed by atoms with Crippen LogP contribution in [0.2, 0.25) is 0 Å². The predicted octanol–water partition coefficient (Wildman–Crippen LogP) is 0.969. The number of piperidine rings is 1. The standard InChI is InChI=1S/C27H41N5O6/c1-27(2,3)38-26(37)31-19-10-5-4-7-15-11-12-29-23(34)18(15)13-20(22(28)33)30-24(35)21-17-9-6-8-16(17)14-32(21)25(19)36/h4,7,15-21H,5-6,8-14H2,1-3H3,(H2,28,33)(H,29,34)(H,30,35)(H,31,37)/b7-4-/t15-,16-,17-,18-,19-,20-,21-/m0/s1. The van der Waals surface area contributed by atoms with Crippen LogP contribution in [0.4, 0.5) is 4.79 Å². The number of rotatable bonds is 2. The lowest BCUT2D eigenvalue weighted by atomic mass is 9.80. The lowest BCUT2D eigenvalue weighted by Crippen LogP contribution is -2.58. The fourth-order valence-electron chi connectivity index (χ4n) is 6.47. The van der Waals surface area contributed by atoms with Gasteiger partial charge in [0, 0.05) is 19.0 Å². The molecule has 5 N–H and O–H groups in total. The second-order valence-corrected chi connectivity index (χ2v) is 12.0. The van der Waals surface area contributed by atoms with E-state index < -0.39 is 47.6 Å². The summed E-state index contributed by atoms with van der Waals surface area (Å²) >= 11 is 0. The van der Waals surface area contributed by atoms with E-state index in [9.17, 15) is 24.0 Å². The Morgan fingerprint density at radius 2 is 1.87 bits per heavy atom. The number of alkyl carbamates (subject to hydrolysis) is 1. The van der Waals surface area contributed by atoms with Gasteiger partial charge in [-0.05, 0) is 77.0 Å². The van der Waals surface area contributed by atoms with Crippen LogP contribution in [0.3, 0.4) is 0 Å². The molecule has 0 spiro atoms. The summed E-state index contributed by atoms with van der Waals surface area (Å²) in [6, 6.07) is -2.69. The molecule has 210 valence electrons. The number of nitrogens with two attached hydrogens (primary N) is 1. The van der Waals surface area contributed by atoms with E-state index in [1.54, 1.807) is 25.7 Å². The Hall–Kier alpha value is -3.11. The van der Waals surface area contributed by atoms with Gasteiger partial charge >= 0.3 is 6.09 Å². The van der Waals surface area contributed by atoms with Gasteiger partial charge in [-0.3, -0.25) is 19.2 Å². The van der Waals surface area contributed by atoms with Crippen LogP contribution in [0.25, 0.3) is 0 Å². The Labute approximate surface area is 223 Å². The largest absolute Gasteiger partial charge is 0.444 e. The highest BCUT2D eigenvalue weighted by molar-refractivity contribution is 5.94. The first-order valence-corrected chi connectivity index (χ1v) is 13.8. The van der Waals surface area contributed by atoms with Crippen molar-refractivity contribution in [3.63, 3.8) is 0 Å². The van der Waals surface area contributed by atoms with Crippen LogP contribution in [0.15, 0.2) is 12.2 Å². The molecule has 3 fully saturated rings. The minimum Gasteiger partial charge on any atom is -0.444 e. The summed E-state index contributed by atoms with van der Waals surface area (Å²) in [5, 5.41) is 8.38. The second-order valence-electron chi connectivity index (χ2n) is 12.0. The van der Waals surface area contributed by atoms with Crippen LogP contribution >= 0.6 is 0 Å². The zero-order chi connectivity index (χ0) is 27.6. The number of carbonyl (C=O) groups is 5. The summed E-state index contributed by atoms with van der Waals surface area (Å²) in [4.78, 5) is 66.9. The second kappa shape index (κ2) is 11.3. The number of nitrogens with one attached hydrogen (secondary N) is 3. The van der Waals surface area contributed by atoms with Crippen molar-refractivity contribution in [3.05, 3.63) is 12.2 Å². The zero-order valence-electron chi connectivity index (χ0n) is 22.5. The van der Waals surface area contributed by atoms with Crippen LogP contribution in [0.5, 0.6) is 0 Å². The summed E-state index contributed by atoms with van der Waals surface area (Å²) in [5.74, 6) is -2.17. The predicted molar refractivity (Wildman–Crippen MR) is 138 cm³/mol. The first-order valence-electron chi connectivity index (χ1n) is 13.8. The minimum absolute atomic E-state index is 0.0341. The van der Waals surface area contributed by atoms with E-state index in [-0.39, 0.29) is 36.0 Å². The van der Waals surface area contributed by atoms with Gasteiger partial charge in [-0.2, -0.15) is 0 Å². The number of carbonyl (C=O) groups excluding carboxylic acids is 5. The first-order chi connectivity index (χ1) is 17.9. The molecule has 5 amide bonds. The van der Waals surface area contributed by atoms with Gasteiger partial charge in [0.2, 0.25) is 23.6 Å². The third-order valence-corrected chi connectivity index (χ3v) is 8.22.